The first-order valence-electron chi connectivity index (χ1n) is 7.12. The monoisotopic (exact) mass is 275 g/mol. The fourth-order valence-electron chi connectivity index (χ4n) is 2.91. The van der Waals surface area contributed by atoms with Crippen LogP contribution < -0.4 is 5.32 Å². The molecule has 2 aromatic rings. The van der Waals surface area contributed by atoms with Gasteiger partial charge >= 0.3 is 0 Å². The molecule has 1 atom stereocenters. The van der Waals surface area contributed by atoms with Gasteiger partial charge in [-0.1, -0.05) is 30.4 Å². The number of anilines is 1. The van der Waals surface area contributed by atoms with E-state index >= 15 is 0 Å². The van der Waals surface area contributed by atoms with Crippen molar-refractivity contribution < 1.29 is 0 Å². The van der Waals surface area contributed by atoms with Crippen LogP contribution in [0.25, 0.3) is 10.2 Å². The Hall–Kier alpha value is -1.13. The van der Waals surface area contributed by atoms with Crippen molar-refractivity contribution >= 4 is 26.7 Å². The van der Waals surface area contributed by atoms with E-state index in [1.54, 1.807) is 11.3 Å². The number of aromatic nitrogens is 1. The standard InChI is InChI=1S/C15H21N3S/c1-3-18-9-5-7-12(18)10-16-15-17-14-11(2)6-4-8-13(14)19-15/h4,6,8,12H,3,5,7,9-10H2,1-2H3,(H,16,17). The molecule has 1 aromatic carbocycles. The lowest BCUT2D eigenvalue weighted by Gasteiger charge is -2.22. The smallest absolute Gasteiger partial charge is 0.183 e. The number of nitrogens with one attached hydrogen (secondary N) is 1. The number of fused-ring (bicyclic) bond motifs is 1. The van der Waals surface area contributed by atoms with E-state index in [1.807, 2.05) is 0 Å². The summed E-state index contributed by atoms with van der Waals surface area (Å²) in [4.78, 5) is 7.27. The van der Waals surface area contributed by atoms with E-state index < -0.39 is 0 Å². The Balaban J connectivity index is 1.70. The van der Waals surface area contributed by atoms with E-state index in [1.165, 1.54) is 29.6 Å². The highest BCUT2D eigenvalue weighted by molar-refractivity contribution is 7.22. The molecule has 2 heterocycles. The summed E-state index contributed by atoms with van der Waals surface area (Å²) in [6.45, 7) is 7.81. The van der Waals surface area contributed by atoms with Crippen LogP contribution >= 0.6 is 11.3 Å². The zero-order chi connectivity index (χ0) is 13.2. The normalized spacial score (nSPS) is 20.2. The second kappa shape index (κ2) is 5.47. The molecule has 4 heteroatoms. The number of benzene rings is 1. The van der Waals surface area contributed by atoms with Gasteiger partial charge in [-0.3, -0.25) is 4.90 Å². The molecule has 0 bridgehead atoms. The SMILES string of the molecule is CCN1CCCC1CNc1nc2c(C)cccc2s1. The van der Waals surface area contributed by atoms with E-state index in [4.69, 9.17) is 4.98 Å². The molecule has 0 radical (unpaired) electrons. The Labute approximate surface area is 118 Å². The third-order valence-corrected chi connectivity index (χ3v) is 4.99. The van der Waals surface area contributed by atoms with Crippen LogP contribution in [0.4, 0.5) is 5.13 Å². The molecule has 1 aromatic heterocycles. The Bertz CT molecular complexity index is 564. The van der Waals surface area contributed by atoms with Crippen LogP contribution in [0, 0.1) is 6.92 Å². The summed E-state index contributed by atoms with van der Waals surface area (Å²) in [6.07, 6.45) is 2.64. The lowest BCUT2D eigenvalue weighted by molar-refractivity contribution is 0.277. The molecular formula is C15H21N3S. The van der Waals surface area contributed by atoms with Crippen LogP contribution in [0.1, 0.15) is 25.3 Å². The highest BCUT2D eigenvalue weighted by Crippen LogP contribution is 2.28. The quantitative estimate of drug-likeness (QED) is 0.925. The minimum Gasteiger partial charge on any atom is -0.360 e. The Morgan fingerprint density at radius 3 is 3.16 bits per heavy atom. The highest BCUT2D eigenvalue weighted by atomic mass is 32.1. The third kappa shape index (κ3) is 2.60. The maximum Gasteiger partial charge on any atom is 0.183 e. The Morgan fingerprint density at radius 1 is 1.47 bits per heavy atom. The van der Waals surface area contributed by atoms with E-state index in [-0.39, 0.29) is 0 Å². The molecule has 19 heavy (non-hydrogen) atoms. The summed E-state index contributed by atoms with van der Waals surface area (Å²) < 4.78 is 1.28. The minimum absolute atomic E-state index is 0.679. The lowest BCUT2D eigenvalue weighted by Crippen LogP contribution is -2.34. The van der Waals surface area contributed by atoms with Gasteiger partial charge in [0.15, 0.2) is 5.13 Å². The van der Waals surface area contributed by atoms with Crippen molar-refractivity contribution in [2.45, 2.75) is 32.7 Å². The van der Waals surface area contributed by atoms with Gasteiger partial charge in [-0.25, -0.2) is 4.98 Å². The number of para-hydroxylation sites is 1. The molecule has 0 spiro atoms. The molecule has 1 aliphatic rings. The molecule has 1 fully saturated rings. The van der Waals surface area contributed by atoms with Gasteiger partial charge < -0.3 is 5.32 Å². The molecule has 1 saturated heterocycles. The van der Waals surface area contributed by atoms with Crippen molar-refractivity contribution in [2.24, 2.45) is 0 Å². The summed E-state index contributed by atoms with van der Waals surface area (Å²) >= 11 is 1.76. The summed E-state index contributed by atoms with van der Waals surface area (Å²) in [5.41, 5.74) is 2.41. The fraction of sp³-hybridized carbons (Fsp3) is 0.533. The van der Waals surface area contributed by atoms with Gasteiger partial charge in [-0.15, -0.1) is 0 Å². The molecule has 3 rings (SSSR count). The maximum absolute atomic E-state index is 4.71. The largest absolute Gasteiger partial charge is 0.360 e. The average molecular weight is 275 g/mol. The highest BCUT2D eigenvalue weighted by Gasteiger charge is 2.22. The van der Waals surface area contributed by atoms with E-state index in [0.717, 1.165) is 23.7 Å². The number of aryl methyl sites for hydroxylation is 1. The van der Waals surface area contributed by atoms with Gasteiger partial charge in [0.25, 0.3) is 0 Å². The number of hydrogen-bond acceptors (Lipinski definition) is 4. The second-order valence-corrected chi connectivity index (χ2v) is 6.28. The number of likely N-dealkylation sites (tertiary alicyclic amines) is 1. The van der Waals surface area contributed by atoms with Crippen LogP contribution in [-0.4, -0.2) is 35.6 Å². The van der Waals surface area contributed by atoms with Crippen molar-refractivity contribution in [3.63, 3.8) is 0 Å². The maximum atomic E-state index is 4.71. The first kappa shape index (κ1) is 12.9. The van der Waals surface area contributed by atoms with Gasteiger partial charge in [0.2, 0.25) is 0 Å². The molecule has 1 unspecified atom stereocenters. The predicted molar refractivity (Wildman–Crippen MR) is 83.1 cm³/mol. The second-order valence-electron chi connectivity index (χ2n) is 5.25. The predicted octanol–water partition coefficient (Wildman–Crippen LogP) is 3.50. The van der Waals surface area contributed by atoms with Gasteiger partial charge in [0.1, 0.15) is 0 Å². The average Bonchev–Trinajstić information content (AvgIpc) is 3.02. The van der Waals surface area contributed by atoms with Crippen LogP contribution in [0.5, 0.6) is 0 Å². The number of thiazole rings is 1. The fourth-order valence-corrected chi connectivity index (χ4v) is 3.86. The van der Waals surface area contributed by atoms with Gasteiger partial charge in [0.05, 0.1) is 10.2 Å². The van der Waals surface area contributed by atoms with Crippen molar-refractivity contribution in [3.05, 3.63) is 23.8 Å². The van der Waals surface area contributed by atoms with Crippen LogP contribution in [-0.2, 0) is 0 Å². The number of nitrogens with zero attached hydrogens (tertiary/aromatic N) is 2. The summed E-state index contributed by atoms with van der Waals surface area (Å²) in [5, 5.41) is 4.60. The van der Waals surface area contributed by atoms with Crippen LogP contribution in [0.2, 0.25) is 0 Å². The zero-order valence-electron chi connectivity index (χ0n) is 11.6. The van der Waals surface area contributed by atoms with Crippen molar-refractivity contribution in [2.75, 3.05) is 25.0 Å². The lowest BCUT2D eigenvalue weighted by atomic mass is 10.2. The first-order chi connectivity index (χ1) is 9.28. The molecule has 0 aliphatic carbocycles. The van der Waals surface area contributed by atoms with E-state index in [2.05, 4.69) is 42.3 Å². The first-order valence-corrected chi connectivity index (χ1v) is 7.93. The minimum atomic E-state index is 0.679. The van der Waals surface area contributed by atoms with Crippen LogP contribution in [0.3, 0.4) is 0 Å². The zero-order valence-corrected chi connectivity index (χ0v) is 12.5. The van der Waals surface area contributed by atoms with Crippen molar-refractivity contribution in [3.8, 4) is 0 Å². The topological polar surface area (TPSA) is 28.2 Å². The summed E-state index contributed by atoms with van der Waals surface area (Å²) in [5.74, 6) is 0. The third-order valence-electron chi connectivity index (χ3n) is 4.01. The molecule has 0 saturated carbocycles. The molecule has 3 nitrogen and oxygen atoms in total. The molecule has 102 valence electrons. The number of rotatable bonds is 4. The van der Waals surface area contributed by atoms with Gasteiger partial charge in [-0.2, -0.15) is 0 Å². The van der Waals surface area contributed by atoms with Gasteiger partial charge in [0, 0.05) is 12.6 Å². The van der Waals surface area contributed by atoms with E-state index in [9.17, 15) is 0 Å². The van der Waals surface area contributed by atoms with Gasteiger partial charge in [-0.05, 0) is 44.5 Å². The summed E-state index contributed by atoms with van der Waals surface area (Å²) in [7, 11) is 0. The number of hydrogen-bond donors (Lipinski definition) is 1. The molecule has 1 N–H and O–H groups in total. The Morgan fingerprint density at radius 2 is 2.37 bits per heavy atom. The van der Waals surface area contributed by atoms with E-state index in [0.29, 0.717) is 6.04 Å². The summed E-state index contributed by atoms with van der Waals surface area (Å²) in [6, 6.07) is 7.06. The number of likely N-dealkylation sites (N-methyl/N-ethyl adjacent to an activating group) is 1. The molecule has 1 aliphatic heterocycles. The van der Waals surface area contributed by atoms with Crippen LogP contribution in [0.15, 0.2) is 18.2 Å². The van der Waals surface area contributed by atoms with Crippen molar-refractivity contribution in [1.82, 2.24) is 9.88 Å². The molecular weight excluding hydrogens is 254 g/mol. The van der Waals surface area contributed by atoms with Crippen molar-refractivity contribution in [1.29, 1.82) is 0 Å². The molecule has 0 amide bonds. The Kier molecular flexibility index (Phi) is 3.71.